The van der Waals surface area contributed by atoms with Gasteiger partial charge in [0.15, 0.2) is 0 Å². The van der Waals surface area contributed by atoms with Crippen molar-refractivity contribution in [3.63, 3.8) is 0 Å². The molecule has 0 aromatic heterocycles. The largest absolute Gasteiger partial charge is 0.496 e. The van der Waals surface area contributed by atoms with Crippen LogP contribution in [0.15, 0.2) is 18.2 Å². The quantitative estimate of drug-likeness (QED) is 0.877. The number of benzene rings is 1. The summed E-state index contributed by atoms with van der Waals surface area (Å²) in [5, 5.41) is 3.13. The minimum Gasteiger partial charge on any atom is -0.496 e. The molecule has 0 atom stereocenters. The predicted octanol–water partition coefficient (Wildman–Crippen LogP) is 1.33. The van der Waals surface area contributed by atoms with Gasteiger partial charge in [-0.1, -0.05) is 17.7 Å². The van der Waals surface area contributed by atoms with Gasteiger partial charge < -0.3 is 15.0 Å². The van der Waals surface area contributed by atoms with Crippen LogP contribution in [0.25, 0.3) is 0 Å². The molecule has 2 rings (SSSR count). The van der Waals surface area contributed by atoms with Gasteiger partial charge in [0.1, 0.15) is 5.75 Å². The number of rotatable bonds is 3. The molecule has 1 N–H and O–H groups in total. The molecule has 1 aliphatic rings. The van der Waals surface area contributed by atoms with Crippen molar-refractivity contribution in [1.82, 2.24) is 10.2 Å². The molecule has 98 valence electrons. The number of hydrogen-bond donors (Lipinski definition) is 1. The Morgan fingerprint density at radius 3 is 3.06 bits per heavy atom. The minimum absolute atomic E-state index is 0.163. The number of nitrogens with zero attached hydrogens (tertiary/aromatic N) is 1. The molecule has 18 heavy (non-hydrogen) atoms. The van der Waals surface area contributed by atoms with Crippen LogP contribution < -0.4 is 10.1 Å². The second kappa shape index (κ2) is 5.87. The zero-order chi connectivity index (χ0) is 13.0. The van der Waals surface area contributed by atoms with Crippen molar-refractivity contribution >= 4 is 5.91 Å². The third-order valence-corrected chi connectivity index (χ3v) is 3.21. The molecule has 1 amide bonds. The lowest BCUT2D eigenvalue weighted by atomic mass is 10.1. The van der Waals surface area contributed by atoms with Crippen molar-refractivity contribution in [3.8, 4) is 5.75 Å². The first-order valence-electron chi connectivity index (χ1n) is 6.32. The smallest absolute Gasteiger partial charge is 0.236 e. The Morgan fingerprint density at radius 2 is 2.28 bits per heavy atom. The van der Waals surface area contributed by atoms with Gasteiger partial charge in [-0.25, -0.2) is 0 Å². The Balaban J connectivity index is 2.16. The molecule has 0 saturated carbocycles. The number of aryl methyl sites for hydroxylation is 1. The lowest BCUT2D eigenvalue weighted by Gasteiger charge is -2.21. The number of ether oxygens (including phenoxy) is 1. The minimum atomic E-state index is 0.163. The van der Waals surface area contributed by atoms with Crippen molar-refractivity contribution < 1.29 is 9.53 Å². The summed E-state index contributed by atoms with van der Waals surface area (Å²) in [6.07, 6.45) is 1.000. The van der Waals surface area contributed by atoms with E-state index in [0.717, 1.165) is 30.8 Å². The molecule has 1 saturated heterocycles. The van der Waals surface area contributed by atoms with E-state index in [-0.39, 0.29) is 5.91 Å². The summed E-state index contributed by atoms with van der Waals surface area (Å²) in [7, 11) is 1.67. The van der Waals surface area contributed by atoms with Crippen LogP contribution in [-0.4, -0.2) is 37.6 Å². The van der Waals surface area contributed by atoms with Crippen molar-refractivity contribution in [1.29, 1.82) is 0 Å². The van der Waals surface area contributed by atoms with Gasteiger partial charge in [0.2, 0.25) is 5.91 Å². The Kier molecular flexibility index (Phi) is 4.20. The standard InChI is InChI=1S/C14H20N2O2/c1-11-4-5-13(18-2)12(8-11)10-16-7-3-6-15-9-14(16)17/h4-5,8,15H,3,6-7,9-10H2,1-2H3. The van der Waals surface area contributed by atoms with E-state index in [4.69, 9.17) is 4.74 Å². The van der Waals surface area contributed by atoms with E-state index in [2.05, 4.69) is 18.3 Å². The summed E-state index contributed by atoms with van der Waals surface area (Å²) >= 11 is 0. The maximum atomic E-state index is 11.9. The highest BCUT2D eigenvalue weighted by Gasteiger charge is 2.17. The highest BCUT2D eigenvalue weighted by atomic mass is 16.5. The van der Waals surface area contributed by atoms with Crippen LogP contribution in [0, 0.1) is 6.92 Å². The Morgan fingerprint density at radius 1 is 1.44 bits per heavy atom. The fourth-order valence-corrected chi connectivity index (χ4v) is 2.23. The first-order chi connectivity index (χ1) is 8.70. The number of nitrogens with one attached hydrogen (secondary N) is 1. The molecule has 1 fully saturated rings. The third kappa shape index (κ3) is 3.01. The first kappa shape index (κ1) is 12.9. The van der Waals surface area contributed by atoms with Crippen molar-refractivity contribution in [2.24, 2.45) is 0 Å². The Labute approximate surface area is 108 Å². The molecule has 4 nitrogen and oxygen atoms in total. The third-order valence-electron chi connectivity index (χ3n) is 3.21. The number of carbonyl (C=O) groups excluding carboxylic acids is 1. The van der Waals surface area contributed by atoms with Crippen LogP contribution in [0.2, 0.25) is 0 Å². The van der Waals surface area contributed by atoms with Crippen LogP contribution in [-0.2, 0) is 11.3 Å². The van der Waals surface area contributed by atoms with E-state index < -0.39 is 0 Å². The Bertz CT molecular complexity index is 432. The van der Waals surface area contributed by atoms with Crippen molar-refractivity contribution in [2.45, 2.75) is 19.9 Å². The average molecular weight is 248 g/mol. The molecule has 1 aromatic rings. The summed E-state index contributed by atoms with van der Waals surface area (Å²) in [6, 6.07) is 6.07. The summed E-state index contributed by atoms with van der Waals surface area (Å²) in [6.45, 7) is 4.84. The van der Waals surface area contributed by atoms with E-state index in [1.54, 1.807) is 7.11 Å². The lowest BCUT2D eigenvalue weighted by molar-refractivity contribution is -0.130. The number of carbonyl (C=O) groups is 1. The van der Waals surface area contributed by atoms with E-state index in [1.807, 2.05) is 17.0 Å². The summed E-state index contributed by atoms with van der Waals surface area (Å²) in [4.78, 5) is 13.8. The van der Waals surface area contributed by atoms with Crippen LogP contribution >= 0.6 is 0 Å². The normalized spacial score (nSPS) is 16.6. The van der Waals surface area contributed by atoms with Gasteiger partial charge in [0.25, 0.3) is 0 Å². The van der Waals surface area contributed by atoms with Gasteiger partial charge >= 0.3 is 0 Å². The number of methoxy groups -OCH3 is 1. The van der Waals surface area contributed by atoms with E-state index in [9.17, 15) is 4.79 Å². The van der Waals surface area contributed by atoms with Crippen LogP contribution in [0.3, 0.4) is 0 Å². The molecule has 1 aromatic carbocycles. The van der Waals surface area contributed by atoms with E-state index in [0.29, 0.717) is 13.1 Å². The Hall–Kier alpha value is -1.55. The molecule has 0 radical (unpaired) electrons. The van der Waals surface area contributed by atoms with Gasteiger partial charge in [0.05, 0.1) is 13.7 Å². The summed E-state index contributed by atoms with van der Waals surface area (Å²) < 4.78 is 5.35. The molecule has 0 aliphatic carbocycles. The molecule has 0 unspecified atom stereocenters. The second-order valence-electron chi connectivity index (χ2n) is 4.66. The van der Waals surface area contributed by atoms with Crippen LogP contribution in [0.4, 0.5) is 0 Å². The van der Waals surface area contributed by atoms with Crippen molar-refractivity contribution in [3.05, 3.63) is 29.3 Å². The molecule has 1 heterocycles. The monoisotopic (exact) mass is 248 g/mol. The van der Waals surface area contributed by atoms with Gasteiger partial charge in [-0.15, -0.1) is 0 Å². The molecular formula is C14H20N2O2. The van der Waals surface area contributed by atoms with Gasteiger partial charge in [-0.3, -0.25) is 4.79 Å². The fourth-order valence-electron chi connectivity index (χ4n) is 2.23. The second-order valence-corrected chi connectivity index (χ2v) is 4.66. The van der Waals surface area contributed by atoms with E-state index in [1.165, 1.54) is 5.56 Å². The van der Waals surface area contributed by atoms with Gasteiger partial charge in [0, 0.05) is 18.7 Å². The molecule has 1 aliphatic heterocycles. The van der Waals surface area contributed by atoms with Crippen LogP contribution in [0.5, 0.6) is 5.75 Å². The maximum absolute atomic E-state index is 11.9. The number of amides is 1. The molecular weight excluding hydrogens is 228 g/mol. The zero-order valence-corrected chi connectivity index (χ0v) is 11.0. The topological polar surface area (TPSA) is 41.6 Å². The van der Waals surface area contributed by atoms with Crippen LogP contribution in [0.1, 0.15) is 17.5 Å². The van der Waals surface area contributed by atoms with Gasteiger partial charge in [-0.05, 0) is 26.0 Å². The zero-order valence-electron chi connectivity index (χ0n) is 11.0. The summed E-state index contributed by atoms with van der Waals surface area (Å²) in [5.74, 6) is 1.02. The SMILES string of the molecule is COc1ccc(C)cc1CN1CCCNCC1=O. The first-order valence-corrected chi connectivity index (χ1v) is 6.32. The fraction of sp³-hybridized carbons (Fsp3) is 0.500. The number of hydrogen-bond acceptors (Lipinski definition) is 3. The van der Waals surface area contributed by atoms with Crippen molar-refractivity contribution in [2.75, 3.05) is 26.7 Å². The predicted molar refractivity (Wildman–Crippen MR) is 70.6 cm³/mol. The molecule has 4 heteroatoms. The molecule has 0 bridgehead atoms. The van der Waals surface area contributed by atoms with Gasteiger partial charge in [-0.2, -0.15) is 0 Å². The lowest BCUT2D eigenvalue weighted by Crippen LogP contribution is -2.34. The molecule has 0 spiro atoms. The average Bonchev–Trinajstić information content (AvgIpc) is 2.55. The maximum Gasteiger partial charge on any atom is 0.236 e. The summed E-state index contributed by atoms with van der Waals surface area (Å²) in [5.41, 5.74) is 2.26. The highest BCUT2D eigenvalue weighted by Crippen LogP contribution is 2.21. The highest BCUT2D eigenvalue weighted by molar-refractivity contribution is 5.78. The van der Waals surface area contributed by atoms with E-state index >= 15 is 0 Å².